The van der Waals surface area contributed by atoms with E-state index in [0.29, 0.717) is 6.42 Å². The average Bonchev–Trinajstić information content (AvgIpc) is 2.36. The molecule has 0 fully saturated rings. The Balaban J connectivity index is 3.20. The number of ether oxygens (including phenoxy) is 1. The van der Waals surface area contributed by atoms with Crippen molar-refractivity contribution in [1.29, 1.82) is 0 Å². The van der Waals surface area contributed by atoms with Crippen molar-refractivity contribution in [3.63, 3.8) is 0 Å². The zero-order valence-corrected chi connectivity index (χ0v) is 12.3. The zero-order chi connectivity index (χ0) is 13.6. The summed E-state index contributed by atoms with van der Waals surface area (Å²) in [5.41, 5.74) is 0. The van der Waals surface area contributed by atoms with Crippen LogP contribution in [0.1, 0.15) is 71.1 Å². The first-order valence-electron chi connectivity index (χ1n) is 7.05. The molecule has 0 aliphatic rings. The molecule has 0 unspecified atom stereocenters. The highest BCUT2D eigenvalue weighted by Gasteiger charge is 2.07. The molecule has 0 atom stereocenters. The summed E-state index contributed by atoms with van der Waals surface area (Å²) < 4.78 is 4.52. The van der Waals surface area contributed by atoms with Gasteiger partial charge in [-0.05, 0) is 6.42 Å². The summed E-state index contributed by atoms with van der Waals surface area (Å²) >= 11 is 3.74. The molecule has 0 bridgehead atoms. The second-order valence-electron chi connectivity index (χ2n) is 4.58. The Morgan fingerprint density at radius 3 is 1.83 bits per heavy atom. The SMILES string of the molecule is CCCCCCCCCCCC(=O)OC(=O)CS. The van der Waals surface area contributed by atoms with Gasteiger partial charge in [0.2, 0.25) is 0 Å². The van der Waals surface area contributed by atoms with Gasteiger partial charge in [-0.1, -0.05) is 58.3 Å². The van der Waals surface area contributed by atoms with Crippen LogP contribution >= 0.6 is 12.6 Å². The second kappa shape index (κ2) is 12.9. The third-order valence-electron chi connectivity index (χ3n) is 2.84. The Labute approximate surface area is 116 Å². The summed E-state index contributed by atoms with van der Waals surface area (Å²) in [5.74, 6) is -1.01. The van der Waals surface area contributed by atoms with E-state index in [0.717, 1.165) is 12.8 Å². The summed E-state index contributed by atoms with van der Waals surface area (Å²) in [5, 5.41) is 0. The van der Waals surface area contributed by atoms with E-state index in [2.05, 4.69) is 24.3 Å². The average molecular weight is 274 g/mol. The van der Waals surface area contributed by atoms with Crippen molar-refractivity contribution in [1.82, 2.24) is 0 Å². The first-order valence-corrected chi connectivity index (χ1v) is 7.68. The molecule has 106 valence electrons. The number of hydrogen-bond acceptors (Lipinski definition) is 4. The van der Waals surface area contributed by atoms with Crippen LogP contribution in [0.25, 0.3) is 0 Å². The number of esters is 2. The molecule has 0 aromatic rings. The van der Waals surface area contributed by atoms with Crippen LogP contribution in [0.5, 0.6) is 0 Å². The molecular weight excluding hydrogens is 248 g/mol. The van der Waals surface area contributed by atoms with Crippen LogP contribution in [0, 0.1) is 0 Å². The monoisotopic (exact) mass is 274 g/mol. The van der Waals surface area contributed by atoms with Crippen molar-refractivity contribution in [2.45, 2.75) is 71.1 Å². The van der Waals surface area contributed by atoms with E-state index in [1.807, 2.05) is 0 Å². The predicted molar refractivity (Wildman–Crippen MR) is 76.8 cm³/mol. The summed E-state index contributed by atoms with van der Waals surface area (Å²) in [6, 6.07) is 0. The lowest BCUT2D eigenvalue weighted by Crippen LogP contribution is -2.12. The molecule has 0 heterocycles. The molecule has 4 heteroatoms. The van der Waals surface area contributed by atoms with Crippen molar-refractivity contribution < 1.29 is 14.3 Å². The van der Waals surface area contributed by atoms with E-state index in [1.54, 1.807) is 0 Å². The van der Waals surface area contributed by atoms with Gasteiger partial charge in [0.15, 0.2) is 0 Å². The van der Waals surface area contributed by atoms with Gasteiger partial charge < -0.3 is 4.74 Å². The molecular formula is C14H26O3S. The number of carbonyl (C=O) groups is 2. The number of rotatable bonds is 11. The van der Waals surface area contributed by atoms with E-state index >= 15 is 0 Å². The number of unbranched alkanes of at least 4 members (excludes halogenated alkanes) is 8. The summed E-state index contributed by atoms with van der Waals surface area (Å²) in [6.45, 7) is 2.22. The lowest BCUT2D eigenvalue weighted by molar-refractivity contribution is -0.157. The van der Waals surface area contributed by atoms with Crippen LogP contribution in [0.15, 0.2) is 0 Å². The third-order valence-corrected chi connectivity index (χ3v) is 3.10. The molecule has 0 radical (unpaired) electrons. The lowest BCUT2D eigenvalue weighted by atomic mass is 10.1. The maximum absolute atomic E-state index is 11.1. The van der Waals surface area contributed by atoms with Crippen LogP contribution in [-0.2, 0) is 14.3 Å². The molecule has 0 aliphatic carbocycles. The Morgan fingerprint density at radius 2 is 1.33 bits per heavy atom. The van der Waals surface area contributed by atoms with Crippen molar-refractivity contribution >= 4 is 24.6 Å². The van der Waals surface area contributed by atoms with Gasteiger partial charge in [-0.3, -0.25) is 9.59 Å². The molecule has 18 heavy (non-hydrogen) atoms. The molecule has 0 amide bonds. The van der Waals surface area contributed by atoms with E-state index in [1.165, 1.54) is 44.9 Å². The normalized spacial score (nSPS) is 10.3. The van der Waals surface area contributed by atoms with Gasteiger partial charge in [0.05, 0.1) is 5.75 Å². The van der Waals surface area contributed by atoms with Crippen LogP contribution in [0.2, 0.25) is 0 Å². The fourth-order valence-electron chi connectivity index (χ4n) is 1.79. The summed E-state index contributed by atoms with van der Waals surface area (Å²) in [4.78, 5) is 21.9. The van der Waals surface area contributed by atoms with E-state index in [9.17, 15) is 9.59 Å². The Bertz CT molecular complexity index is 229. The minimum atomic E-state index is -0.556. The number of hydrogen-bond donors (Lipinski definition) is 1. The van der Waals surface area contributed by atoms with E-state index in [4.69, 9.17) is 0 Å². The summed E-state index contributed by atoms with van der Waals surface area (Å²) in [7, 11) is 0. The smallest absolute Gasteiger partial charge is 0.323 e. The molecule has 0 aliphatic heterocycles. The maximum Gasteiger partial charge on any atom is 0.323 e. The van der Waals surface area contributed by atoms with Gasteiger partial charge in [0, 0.05) is 6.42 Å². The fourth-order valence-corrected chi connectivity index (χ4v) is 1.85. The molecule has 0 spiro atoms. The van der Waals surface area contributed by atoms with Gasteiger partial charge in [-0.2, -0.15) is 12.6 Å². The molecule has 0 N–H and O–H groups in total. The van der Waals surface area contributed by atoms with Crippen molar-refractivity contribution in [2.75, 3.05) is 5.75 Å². The highest BCUT2D eigenvalue weighted by atomic mass is 32.1. The lowest BCUT2D eigenvalue weighted by Gasteiger charge is -2.02. The number of carbonyl (C=O) groups excluding carboxylic acids is 2. The Morgan fingerprint density at radius 1 is 0.833 bits per heavy atom. The van der Waals surface area contributed by atoms with Crippen molar-refractivity contribution in [3.05, 3.63) is 0 Å². The third kappa shape index (κ3) is 12.0. The number of thiol groups is 1. The van der Waals surface area contributed by atoms with Crippen LogP contribution in [-0.4, -0.2) is 17.7 Å². The summed E-state index contributed by atoms with van der Waals surface area (Å²) in [6.07, 6.45) is 11.2. The highest BCUT2D eigenvalue weighted by Crippen LogP contribution is 2.10. The van der Waals surface area contributed by atoms with Crippen molar-refractivity contribution in [3.8, 4) is 0 Å². The largest absolute Gasteiger partial charge is 0.393 e. The van der Waals surface area contributed by atoms with Crippen LogP contribution < -0.4 is 0 Å². The Kier molecular flexibility index (Phi) is 12.6. The van der Waals surface area contributed by atoms with E-state index < -0.39 is 11.9 Å². The van der Waals surface area contributed by atoms with Gasteiger partial charge >= 0.3 is 11.9 Å². The standard InChI is InChI=1S/C14H26O3S/c1-2-3-4-5-6-7-8-9-10-11-13(15)17-14(16)12-18/h18H,2-12H2,1H3. The Hall–Kier alpha value is -0.510. The second-order valence-corrected chi connectivity index (χ2v) is 4.90. The molecule has 0 aromatic heterocycles. The quantitative estimate of drug-likeness (QED) is 0.269. The minimum absolute atomic E-state index is 0.0382. The molecule has 0 saturated heterocycles. The van der Waals surface area contributed by atoms with Gasteiger partial charge in [-0.25, -0.2) is 0 Å². The van der Waals surface area contributed by atoms with Crippen LogP contribution in [0.4, 0.5) is 0 Å². The molecule has 0 rings (SSSR count). The molecule has 0 saturated carbocycles. The molecule has 3 nitrogen and oxygen atoms in total. The highest BCUT2D eigenvalue weighted by molar-refractivity contribution is 7.81. The zero-order valence-electron chi connectivity index (χ0n) is 11.5. The predicted octanol–water partition coefficient (Wildman–Crippen LogP) is 3.91. The van der Waals surface area contributed by atoms with Gasteiger partial charge in [0.25, 0.3) is 0 Å². The topological polar surface area (TPSA) is 43.4 Å². The first kappa shape index (κ1) is 17.5. The maximum atomic E-state index is 11.1. The van der Waals surface area contributed by atoms with Crippen LogP contribution in [0.3, 0.4) is 0 Å². The van der Waals surface area contributed by atoms with Gasteiger partial charge in [-0.15, -0.1) is 0 Å². The van der Waals surface area contributed by atoms with Crippen molar-refractivity contribution in [2.24, 2.45) is 0 Å². The molecule has 0 aromatic carbocycles. The minimum Gasteiger partial charge on any atom is -0.393 e. The van der Waals surface area contributed by atoms with E-state index in [-0.39, 0.29) is 5.75 Å². The fraction of sp³-hybridized carbons (Fsp3) is 0.857. The first-order chi connectivity index (χ1) is 8.70. The van der Waals surface area contributed by atoms with Gasteiger partial charge in [0.1, 0.15) is 0 Å².